The van der Waals surface area contributed by atoms with Gasteiger partial charge in [-0.1, -0.05) is 0 Å². The number of aryl methyl sites for hydroxylation is 1. The van der Waals surface area contributed by atoms with Crippen molar-refractivity contribution in [3.8, 4) is 6.07 Å². The Morgan fingerprint density at radius 1 is 1.50 bits per heavy atom. The van der Waals surface area contributed by atoms with Gasteiger partial charge >= 0.3 is 0 Å². The molecule has 1 aliphatic rings. The predicted molar refractivity (Wildman–Crippen MR) is 79.0 cm³/mol. The molecule has 0 radical (unpaired) electrons. The van der Waals surface area contributed by atoms with Gasteiger partial charge in [-0.05, 0) is 58.2 Å². The zero-order valence-electron chi connectivity index (χ0n) is 12.5. The fraction of sp³-hybridized carbons (Fsp3) is 0.500. The van der Waals surface area contributed by atoms with E-state index in [0.29, 0.717) is 6.04 Å². The molecule has 0 atom stereocenters. The Bertz CT molecular complexity index is 598. The molecule has 1 saturated carbocycles. The molecule has 1 heterocycles. The molecule has 1 fully saturated rings. The third-order valence-electron chi connectivity index (χ3n) is 3.62. The van der Waals surface area contributed by atoms with E-state index >= 15 is 0 Å². The average Bonchev–Trinajstić information content (AvgIpc) is 3.12. The Balaban J connectivity index is 2.30. The van der Waals surface area contributed by atoms with Crippen LogP contribution in [0.4, 0.5) is 0 Å². The molecule has 0 saturated heterocycles. The molecule has 0 bridgehead atoms. The third-order valence-corrected chi connectivity index (χ3v) is 3.62. The van der Waals surface area contributed by atoms with Crippen molar-refractivity contribution >= 4 is 12.0 Å². The number of nitriles is 1. The first-order valence-electron chi connectivity index (χ1n) is 7.05. The van der Waals surface area contributed by atoms with E-state index in [1.165, 1.54) is 0 Å². The Labute approximate surface area is 120 Å². The van der Waals surface area contributed by atoms with E-state index < -0.39 is 0 Å². The minimum Gasteiger partial charge on any atom is -0.349 e. The van der Waals surface area contributed by atoms with Gasteiger partial charge in [0.25, 0.3) is 5.91 Å². The van der Waals surface area contributed by atoms with Crippen LogP contribution in [0.1, 0.15) is 49.7 Å². The van der Waals surface area contributed by atoms with Gasteiger partial charge in [0, 0.05) is 23.5 Å². The van der Waals surface area contributed by atoms with E-state index in [4.69, 9.17) is 0 Å². The van der Waals surface area contributed by atoms with Crippen LogP contribution in [-0.2, 0) is 4.79 Å². The molecular weight excluding hydrogens is 250 g/mol. The van der Waals surface area contributed by atoms with Crippen LogP contribution in [0.3, 0.4) is 0 Å². The van der Waals surface area contributed by atoms with Crippen molar-refractivity contribution in [3.05, 3.63) is 28.6 Å². The SMILES string of the molecule is Cc1cc(/C=C(\C#N)C(=O)NC2CC2)c(C)n1C(C)C. The highest BCUT2D eigenvalue weighted by Crippen LogP contribution is 2.23. The van der Waals surface area contributed by atoms with Gasteiger partial charge in [-0.3, -0.25) is 4.79 Å². The number of amides is 1. The second kappa shape index (κ2) is 5.54. The molecule has 4 heteroatoms. The first kappa shape index (κ1) is 14.4. The topological polar surface area (TPSA) is 57.8 Å². The van der Waals surface area contributed by atoms with Crippen molar-refractivity contribution in [1.29, 1.82) is 5.26 Å². The van der Waals surface area contributed by atoms with Gasteiger partial charge in [-0.25, -0.2) is 0 Å². The largest absolute Gasteiger partial charge is 0.349 e. The summed E-state index contributed by atoms with van der Waals surface area (Å²) in [4.78, 5) is 12.0. The Morgan fingerprint density at radius 3 is 2.60 bits per heavy atom. The molecule has 1 aromatic rings. The third kappa shape index (κ3) is 2.93. The maximum atomic E-state index is 12.0. The van der Waals surface area contributed by atoms with Crippen LogP contribution in [-0.4, -0.2) is 16.5 Å². The van der Waals surface area contributed by atoms with E-state index in [1.54, 1.807) is 6.08 Å². The standard InChI is InChI=1S/C16H21N3O/c1-10(2)19-11(3)7-13(12(19)4)8-14(9-17)16(20)18-15-5-6-15/h7-8,10,15H,5-6H2,1-4H3,(H,18,20)/b14-8+. The van der Waals surface area contributed by atoms with Gasteiger partial charge in [0.05, 0.1) is 0 Å². The van der Waals surface area contributed by atoms with Gasteiger partial charge in [-0.15, -0.1) is 0 Å². The minimum absolute atomic E-state index is 0.181. The number of hydrogen-bond acceptors (Lipinski definition) is 2. The zero-order chi connectivity index (χ0) is 14.9. The van der Waals surface area contributed by atoms with Crippen molar-refractivity contribution in [2.45, 2.75) is 52.6 Å². The molecular formula is C16H21N3O. The second-order valence-electron chi connectivity index (χ2n) is 5.71. The highest BCUT2D eigenvalue weighted by Gasteiger charge is 2.25. The molecule has 4 nitrogen and oxygen atoms in total. The van der Waals surface area contributed by atoms with Gasteiger partial charge < -0.3 is 9.88 Å². The summed E-state index contributed by atoms with van der Waals surface area (Å²) < 4.78 is 2.21. The predicted octanol–water partition coefficient (Wildman–Crippen LogP) is 2.87. The number of carbonyl (C=O) groups is 1. The lowest BCUT2D eigenvalue weighted by molar-refractivity contribution is -0.117. The van der Waals surface area contributed by atoms with Crippen LogP contribution in [0.5, 0.6) is 0 Å². The molecule has 0 aliphatic heterocycles. The quantitative estimate of drug-likeness (QED) is 0.676. The van der Waals surface area contributed by atoms with Crippen LogP contribution in [0.15, 0.2) is 11.6 Å². The summed E-state index contributed by atoms with van der Waals surface area (Å²) in [5, 5.41) is 12.0. The van der Waals surface area contributed by atoms with E-state index in [0.717, 1.165) is 29.8 Å². The number of hydrogen-bond donors (Lipinski definition) is 1. The molecule has 1 N–H and O–H groups in total. The van der Waals surface area contributed by atoms with Crippen LogP contribution in [0, 0.1) is 25.2 Å². The summed E-state index contributed by atoms with van der Waals surface area (Å²) in [6.07, 6.45) is 3.73. The molecule has 1 amide bonds. The van der Waals surface area contributed by atoms with Crippen LogP contribution < -0.4 is 5.32 Å². The van der Waals surface area contributed by atoms with Crippen LogP contribution >= 0.6 is 0 Å². The molecule has 0 aromatic carbocycles. The summed E-state index contributed by atoms with van der Waals surface area (Å²) in [6, 6.07) is 4.66. The van der Waals surface area contributed by atoms with Crippen molar-refractivity contribution < 1.29 is 4.79 Å². The lowest BCUT2D eigenvalue weighted by Gasteiger charge is -2.13. The molecule has 2 rings (SSSR count). The second-order valence-corrected chi connectivity index (χ2v) is 5.71. The summed E-state index contributed by atoms with van der Waals surface area (Å²) in [5.41, 5.74) is 3.35. The van der Waals surface area contributed by atoms with Gasteiger partial charge in [0.1, 0.15) is 11.6 Å². The van der Waals surface area contributed by atoms with Crippen molar-refractivity contribution in [1.82, 2.24) is 9.88 Å². The smallest absolute Gasteiger partial charge is 0.262 e. The maximum absolute atomic E-state index is 12.0. The fourth-order valence-corrected chi connectivity index (χ4v) is 2.54. The van der Waals surface area contributed by atoms with Gasteiger partial charge in [0.15, 0.2) is 0 Å². The number of aromatic nitrogens is 1. The summed E-state index contributed by atoms with van der Waals surface area (Å²) >= 11 is 0. The molecule has 20 heavy (non-hydrogen) atoms. The zero-order valence-corrected chi connectivity index (χ0v) is 12.5. The molecule has 1 aromatic heterocycles. The molecule has 0 unspecified atom stereocenters. The van der Waals surface area contributed by atoms with Crippen LogP contribution in [0.25, 0.3) is 6.08 Å². The van der Waals surface area contributed by atoms with E-state index in [9.17, 15) is 10.1 Å². The number of nitrogens with zero attached hydrogens (tertiary/aromatic N) is 2. The summed E-state index contributed by atoms with van der Waals surface area (Å²) in [5.74, 6) is -0.260. The van der Waals surface area contributed by atoms with E-state index in [-0.39, 0.29) is 17.5 Å². The number of carbonyl (C=O) groups excluding carboxylic acids is 1. The fourth-order valence-electron chi connectivity index (χ4n) is 2.54. The monoisotopic (exact) mass is 271 g/mol. The van der Waals surface area contributed by atoms with E-state index in [2.05, 4.69) is 23.7 Å². The summed E-state index contributed by atoms with van der Waals surface area (Å²) in [6.45, 7) is 8.31. The Kier molecular flexibility index (Phi) is 3.99. The Morgan fingerprint density at radius 2 is 2.15 bits per heavy atom. The van der Waals surface area contributed by atoms with Crippen molar-refractivity contribution in [3.63, 3.8) is 0 Å². The number of rotatable bonds is 4. The Hall–Kier alpha value is -2.02. The van der Waals surface area contributed by atoms with Crippen LogP contribution in [0.2, 0.25) is 0 Å². The summed E-state index contributed by atoms with van der Waals surface area (Å²) in [7, 11) is 0. The van der Waals surface area contributed by atoms with E-state index in [1.807, 2.05) is 26.0 Å². The minimum atomic E-state index is -0.260. The lowest BCUT2D eigenvalue weighted by atomic mass is 10.1. The highest BCUT2D eigenvalue weighted by molar-refractivity contribution is 6.02. The lowest BCUT2D eigenvalue weighted by Crippen LogP contribution is -2.26. The van der Waals surface area contributed by atoms with Crippen molar-refractivity contribution in [2.75, 3.05) is 0 Å². The normalized spacial score (nSPS) is 15.3. The maximum Gasteiger partial charge on any atom is 0.262 e. The first-order valence-corrected chi connectivity index (χ1v) is 7.05. The first-order chi connectivity index (χ1) is 9.43. The molecule has 106 valence electrons. The average molecular weight is 271 g/mol. The molecule has 1 aliphatic carbocycles. The van der Waals surface area contributed by atoms with Gasteiger partial charge in [-0.2, -0.15) is 5.26 Å². The molecule has 0 spiro atoms. The number of nitrogens with one attached hydrogen (secondary N) is 1. The van der Waals surface area contributed by atoms with Crippen molar-refractivity contribution in [2.24, 2.45) is 0 Å². The van der Waals surface area contributed by atoms with Gasteiger partial charge in [0.2, 0.25) is 0 Å². The highest BCUT2D eigenvalue weighted by atomic mass is 16.1.